The summed E-state index contributed by atoms with van der Waals surface area (Å²) in [6, 6.07) is 10.2. The van der Waals surface area contributed by atoms with Crippen molar-refractivity contribution in [3.05, 3.63) is 42.6 Å². The minimum Gasteiger partial charge on any atom is -0.367 e. The summed E-state index contributed by atoms with van der Waals surface area (Å²) in [4.78, 5) is 4.46. The Morgan fingerprint density at radius 3 is 2.90 bits per heavy atom. The van der Waals surface area contributed by atoms with E-state index in [0.717, 1.165) is 37.3 Å². The summed E-state index contributed by atoms with van der Waals surface area (Å²) in [7, 11) is 0. The van der Waals surface area contributed by atoms with Gasteiger partial charge in [-0.2, -0.15) is 22.8 Å². The van der Waals surface area contributed by atoms with Crippen molar-refractivity contribution in [1.29, 1.82) is 0 Å². The van der Waals surface area contributed by atoms with E-state index in [-0.39, 0.29) is 22.7 Å². The SMILES string of the molecule is NSOCC1CCC(Nc2ccnc3cc(-c4cccc(SC(F)(F)F)c4)nn23)C1. The van der Waals surface area contributed by atoms with Crippen LogP contribution in [0.4, 0.5) is 19.0 Å². The second-order valence-corrected chi connectivity index (χ2v) is 8.67. The Hall–Kier alpha value is -1.95. The van der Waals surface area contributed by atoms with Crippen LogP contribution in [-0.4, -0.2) is 32.8 Å². The largest absolute Gasteiger partial charge is 0.446 e. The third-order valence-corrected chi connectivity index (χ3v) is 5.98. The molecule has 2 unspecified atom stereocenters. The zero-order valence-corrected chi connectivity index (χ0v) is 17.4. The van der Waals surface area contributed by atoms with Crippen molar-refractivity contribution in [1.82, 2.24) is 14.6 Å². The number of nitrogens with zero attached hydrogens (tertiary/aromatic N) is 3. The number of rotatable bonds is 7. The molecule has 2 heterocycles. The molecule has 4 rings (SSSR count). The molecule has 1 aromatic carbocycles. The topological polar surface area (TPSA) is 77.5 Å². The number of benzene rings is 1. The molecule has 0 saturated heterocycles. The quantitative estimate of drug-likeness (QED) is 0.291. The lowest BCUT2D eigenvalue weighted by Gasteiger charge is -2.15. The molecule has 1 aliphatic carbocycles. The predicted molar refractivity (Wildman–Crippen MR) is 113 cm³/mol. The molecule has 0 bridgehead atoms. The third kappa shape index (κ3) is 5.20. The van der Waals surface area contributed by atoms with Crippen molar-refractivity contribution in [2.24, 2.45) is 11.1 Å². The lowest BCUT2D eigenvalue weighted by molar-refractivity contribution is -0.0328. The van der Waals surface area contributed by atoms with Gasteiger partial charge in [0.1, 0.15) is 5.82 Å². The van der Waals surface area contributed by atoms with E-state index in [1.807, 2.05) is 6.07 Å². The fourth-order valence-electron chi connectivity index (χ4n) is 3.70. The van der Waals surface area contributed by atoms with Gasteiger partial charge in [0.05, 0.1) is 24.5 Å². The Morgan fingerprint density at radius 1 is 1.23 bits per heavy atom. The van der Waals surface area contributed by atoms with Crippen molar-refractivity contribution in [2.75, 3.05) is 11.9 Å². The van der Waals surface area contributed by atoms with E-state index in [0.29, 0.717) is 29.4 Å². The molecule has 6 nitrogen and oxygen atoms in total. The van der Waals surface area contributed by atoms with E-state index in [9.17, 15) is 13.2 Å². The van der Waals surface area contributed by atoms with Crippen molar-refractivity contribution in [3.63, 3.8) is 0 Å². The Bertz CT molecular complexity index is 1010. The number of nitrogens with one attached hydrogen (secondary N) is 1. The van der Waals surface area contributed by atoms with Gasteiger partial charge in [-0.15, -0.1) is 0 Å². The van der Waals surface area contributed by atoms with E-state index in [1.54, 1.807) is 28.9 Å². The van der Waals surface area contributed by atoms with Crippen molar-refractivity contribution in [3.8, 4) is 11.3 Å². The van der Waals surface area contributed by atoms with Gasteiger partial charge < -0.3 is 9.50 Å². The fourth-order valence-corrected chi connectivity index (χ4v) is 4.57. The van der Waals surface area contributed by atoms with Crippen LogP contribution in [0.15, 0.2) is 47.5 Å². The highest BCUT2D eigenvalue weighted by molar-refractivity contribution is 8.00. The van der Waals surface area contributed by atoms with Crippen LogP contribution in [0.3, 0.4) is 0 Å². The van der Waals surface area contributed by atoms with Gasteiger partial charge in [0.2, 0.25) is 0 Å². The molecule has 0 spiro atoms. The summed E-state index contributed by atoms with van der Waals surface area (Å²) in [5.41, 5.74) is -2.53. The van der Waals surface area contributed by atoms with Crippen LogP contribution in [0.2, 0.25) is 0 Å². The van der Waals surface area contributed by atoms with Crippen LogP contribution in [0, 0.1) is 5.92 Å². The normalized spacial score (nSPS) is 19.5. The average Bonchev–Trinajstić information content (AvgIpc) is 3.32. The minimum atomic E-state index is -4.33. The first-order valence-electron chi connectivity index (χ1n) is 9.37. The van der Waals surface area contributed by atoms with Gasteiger partial charge in [-0.25, -0.2) is 4.98 Å². The summed E-state index contributed by atoms with van der Waals surface area (Å²) in [6.07, 6.45) is 4.73. The van der Waals surface area contributed by atoms with Crippen LogP contribution in [0.1, 0.15) is 19.3 Å². The smallest absolute Gasteiger partial charge is 0.367 e. The molecule has 1 fully saturated rings. The molecule has 2 atom stereocenters. The zero-order valence-electron chi connectivity index (χ0n) is 15.8. The van der Waals surface area contributed by atoms with Gasteiger partial charge in [0.25, 0.3) is 0 Å². The molecule has 0 radical (unpaired) electrons. The lowest BCUT2D eigenvalue weighted by atomic mass is 10.1. The van der Waals surface area contributed by atoms with Gasteiger partial charge in [-0.3, -0.25) is 5.14 Å². The standard InChI is InChI=1S/C19H20F3N5OS2/c20-19(21,22)29-15-3-1-2-13(9-15)16-10-18-24-7-6-17(27(18)26-16)25-14-5-4-12(8-14)11-28-30-23/h1-3,6-7,9-10,12,14,25H,4-5,8,11,23H2. The Labute approximate surface area is 180 Å². The second kappa shape index (κ2) is 9.04. The number of hydrogen-bond acceptors (Lipinski definition) is 7. The van der Waals surface area contributed by atoms with Gasteiger partial charge in [-0.05, 0) is 55.1 Å². The lowest BCUT2D eigenvalue weighted by Crippen LogP contribution is -2.18. The Balaban J connectivity index is 1.54. The van der Waals surface area contributed by atoms with Crippen LogP contribution >= 0.6 is 24.0 Å². The average molecular weight is 456 g/mol. The maximum atomic E-state index is 12.7. The first-order chi connectivity index (χ1) is 14.4. The number of thioether (sulfide) groups is 1. The summed E-state index contributed by atoms with van der Waals surface area (Å²) in [6.45, 7) is 0.628. The number of aromatic nitrogens is 3. The maximum Gasteiger partial charge on any atom is 0.446 e. The molecule has 2 aromatic heterocycles. The number of alkyl halides is 3. The highest BCUT2D eigenvalue weighted by Gasteiger charge is 2.29. The summed E-state index contributed by atoms with van der Waals surface area (Å²) >= 11 is 0.758. The maximum absolute atomic E-state index is 12.7. The monoisotopic (exact) mass is 455 g/mol. The molecule has 11 heteroatoms. The van der Waals surface area contributed by atoms with E-state index in [1.165, 1.54) is 12.1 Å². The van der Waals surface area contributed by atoms with Gasteiger partial charge in [0.15, 0.2) is 5.65 Å². The van der Waals surface area contributed by atoms with Crippen LogP contribution in [0.25, 0.3) is 16.9 Å². The molecule has 0 aliphatic heterocycles. The van der Waals surface area contributed by atoms with E-state index in [4.69, 9.17) is 9.32 Å². The van der Waals surface area contributed by atoms with Gasteiger partial charge in [-0.1, -0.05) is 12.1 Å². The molecular weight excluding hydrogens is 435 g/mol. The van der Waals surface area contributed by atoms with Crippen LogP contribution < -0.4 is 10.5 Å². The number of nitrogens with two attached hydrogens (primary N) is 1. The summed E-state index contributed by atoms with van der Waals surface area (Å²) < 4.78 is 45.0. The fraction of sp³-hybridized carbons (Fsp3) is 0.368. The number of hydrogen-bond donors (Lipinski definition) is 2. The van der Waals surface area contributed by atoms with Crippen molar-refractivity contribution >= 4 is 35.5 Å². The Kier molecular flexibility index (Phi) is 6.42. The Morgan fingerprint density at radius 2 is 2.10 bits per heavy atom. The molecule has 3 N–H and O–H groups in total. The van der Waals surface area contributed by atoms with E-state index in [2.05, 4.69) is 15.4 Å². The van der Waals surface area contributed by atoms with Crippen molar-refractivity contribution < 1.29 is 17.4 Å². The second-order valence-electron chi connectivity index (χ2n) is 7.11. The highest BCUT2D eigenvalue weighted by atomic mass is 32.2. The van der Waals surface area contributed by atoms with Crippen molar-refractivity contribution in [2.45, 2.75) is 35.7 Å². The third-order valence-electron chi connectivity index (χ3n) is 4.99. The number of halogens is 3. The highest BCUT2D eigenvalue weighted by Crippen LogP contribution is 2.38. The van der Waals surface area contributed by atoms with Crippen LogP contribution in [0.5, 0.6) is 0 Å². The first-order valence-corrected chi connectivity index (χ1v) is 11.0. The molecular formula is C19H20F3N5OS2. The predicted octanol–water partition coefficient (Wildman–Crippen LogP) is 5.13. The molecule has 3 aromatic rings. The number of fused-ring (bicyclic) bond motifs is 1. The zero-order chi connectivity index (χ0) is 21.1. The molecule has 1 aliphatic rings. The van der Waals surface area contributed by atoms with E-state index >= 15 is 0 Å². The molecule has 0 amide bonds. The first kappa shape index (κ1) is 21.3. The number of anilines is 1. The van der Waals surface area contributed by atoms with E-state index < -0.39 is 5.51 Å². The summed E-state index contributed by atoms with van der Waals surface area (Å²) in [5, 5.41) is 13.4. The summed E-state index contributed by atoms with van der Waals surface area (Å²) in [5.74, 6) is 1.25. The minimum absolute atomic E-state index is 0.123. The molecule has 1 saturated carbocycles. The van der Waals surface area contributed by atoms with Crippen LogP contribution in [-0.2, 0) is 4.18 Å². The molecule has 160 valence electrons. The molecule has 30 heavy (non-hydrogen) atoms. The van der Waals surface area contributed by atoms with Gasteiger partial charge >= 0.3 is 5.51 Å². The van der Waals surface area contributed by atoms with Gasteiger partial charge in [0, 0.05) is 28.8 Å².